The molecule has 4 heterocycles. The summed E-state index contributed by atoms with van der Waals surface area (Å²) in [4.78, 5) is 15.4. The molecule has 286 valence electrons. The van der Waals surface area contributed by atoms with Crippen LogP contribution < -0.4 is 4.90 Å². The van der Waals surface area contributed by atoms with E-state index in [2.05, 4.69) is 176 Å². The maximum atomic E-state index is 7.07. The molecule has 1 aliphatic carbocycles. The van der Waals surface area contributed by atoms with Crippen LogP contribution in [0.2, 0.25) is 0 Å². The molecule has 7 aromatic rings. The first kappa shape index (κ1) is 36.0. The molecule has 0 amide bonds. The van der Waals surface area contributed by atoms with E-state index in [-0.39, 0.29) is 5.41 Å². The van der Waals surface area contributed by atoms with Crippen molar-refractivity contribution in [1.82, 2.24) is 9.55 Å². The van der Waals surface area contributed by atoms with Crippen molar-refractivity contribution in [3.8, 4) is 5.82 Å². The number of ether oxygens (including phenoxy) is 1. The number of nitrogens with zero attached hydrogens (tertiary/aromatic N) is 4. The Morgan fingerprint density at radius 1 is 0.789 bits per heavy atom. The van der Waals surface area contributed by atoms with Gasteiger partial charge >= 0.3 is 0 Å². The minimum Gasteiger partial charge on any atom is -0.468 e. The van der Waals surface area contributed by atoms with Gasteiger partial charge in [-0.05, 0) is 146 Å². The van der Waals surface area contributed by atoms with Crippen LogP contribution in [0.1, 0.15) is 98.9 Å². The average molecular weight is 767 g/mol. The number of benzene rings is 5. The number of fused-ring (bicyclic) bond motifs is 8. The van der Waals surface area contributed by atoms with Crippen molar-refractivity contribution in [3.63, 3.8) is 0 Å². The second-order valence-corrected chi connectivity index (χ2v) is 19.3. The van der Waals surface area contributed by atoms with Crippen LogP contribution in [0, 0.1) is 20.8 Å². The molecule has 0 radical (unpaired) electrons. The maximum Gasteiger partial charge on any atom is 0.217 e. The summed E-state index contributed by atoms with van der Waals surface area (Å²) in [6, 6.07) is 36.3. The highest BCUT2D eigenvalue weighted by atomic mass is 32.2. The average Bonchev–Trinajstić information content (AvgIpc) is 3.72. The minimum atomic E-state index is -0.471. The maximum absolute atomic E-state index is 7.07. The quantitative estimate of drug-likeness (QED) is 0.179. The van der Waals surface area contributed by atoms with Crippen LogP contribution in [-0.4, -0.2) is 21.0 Å². The van der Waals surface area contributed by atoms with Crippen molar-refractivity contribution in [3.05, 3.63) is 148 Å². The smallest absolute Gasteiger partial charge is 0.217 e. The van der Waals surface area contributed by atoms with Crippen molar-refractivity contribution < 1.29 is 4.74 Å². The molecular formula is C51H50N4OS. The van der Waals surface area contributed by atoms with Gasteiger partial charge in [0, 0.05) is 44.4 Å². The Bertz CT molecular complexity index is 2880. The highest BCUT2D eigenvalue weighted by Crippen LogP contribution is 2.56. The van der Waals surface area contributed by atoms with Gasteiger partial charge in [-0.2, -0.15) is 0 Å². The van der Waals surface area contributed by atoms with E-state index in [1.165, 1.54) is 59.5 Å². The van der Waals surface area contributed by atoms with E-state index in [0.717, 1.165) is 51.8 Å². The minimum absolute atomic E-state index is 0.00924. The van der Waals surface area contributed by atoms with Crippen LogP contribution in [0.3, 0.4) is 0 Å². The van der Waals surface area contributed by atoms with E-state index < -0.39 is 11.1 Å². The van der Waals surface area contributed by atoms with Crippen LogP contribution in [-0.2, 0) is 22.1 Å². The third-order valence-corrected chi connectivity index (χ3v) is 14.2. The Morgan fingerprint density at radius 3 is 2.37 bits per heavy atom. The van der Waals surface area contributed by atoms with Crippen LogP contribution in [0.4, 0.5) is 17.1 Å². The lowest BCUT2D eigenvalue weighted by Gasteiger charge is -2.34. The summed E-state index contributed by atoms with van der Waals surface area (Å²) in [6.45, 7) is 22.5. The molecular weight excluding hydrogens is 717 g/mol. The number of pyridine rings is 1. The second kappa shape index (κ2) is 12.3. The number of para-hydroxylation sites is 1. The van der Waals surface area contributed by atoms with Crippen molar-refractivity contribution in [2.75, 3.05) is 4.90 Å². The van der Waals surface area contributed by atoms with Crippen LogP contribution in [0.15, 0.2) is 118 Å². The predicted molar refractivity (Wildman–Crippen MR) is 238 cm³/mol. The standard InChI is InChI=1S/C51H50N4OS/c1-29(2)33-22-34(48-53-51(10)40-17-16-31(4)32(5)39(40)28-50(51,9)56-48)24-36(23-33)54-42-13-11-12-14-45(42)57-46-26-38-37-21-30(3)15-18-41(37)55(43(38)27-44(46)54)47-25-35(19-20-52-47)49(6,7)8/h11-27,29H,28H2,1-10H3/t50-,51+/m0/s1. The number of aliphatic imine (C=N–C) groups is 1. The van der Waals surface area contributed by atoms with E-state index in [4.69, 9.17) is 14.7 Å². The zero-order valence-corrected chi connectivity index (χ0v) is 35.5. The molecule has 0 spiro atoms. The van der Waals surface area contributed by atoms with Gasteiger partial charge in [0.05, 0.1) is 22.4 Å². The van der Waals surface area contributed by atoms with Gasteiger partial charge in [0.25, 0.3) is 0 Å². The molecule has 0 saturated carbocycles. The number of hydrogen-bond donors (Lipinski definition) is 0. The fourth-order valence-corrected chi connectivity index (χ4v) is 10.4. The summed E-state index contributed by atoms with van der Waals surface area (Å²) in [5.41, 5.74) is 14.9. The molecule has 5 aromatic carbocycles. The Morgan fingerprint density at radius 2 is 1.58 bits per heavy atom. The first-order valence-electron chi connectivity index (χ1n) is 20.3. The Hall–Kier alpha value is -5.33. The third-order valence-electron chi connectivity index (χ3n) is 13.1. The number of rotatable bonds is 4. The van der Waals surface area contributed by atoms with Gasteiger partial charge in [-0.15, -0.1) is 0 Å². The number of anilines is 3. The van der Waals surface area contributed by atoms with Crippen LogP contribution in [0.25, 0.3) is 27.6 Å². The third kappa shape index (κ3) is 5.36. The number of aryl methyl sites for hydroxylation is 2. The van der Waals surface area contributed by atoms with Gasteiger partial charge in [-0.3, -0.25) is 4.57 Å². The first-order valence-corrected chi connectivity index (χ1v) is 21.1. The molecule has 0 N–H and O–H groups in total. The summed E-state index contributed by atoms with van der Waals surface area (Å²) >= 11 is 1.85. The Labute approximate surface area is 340 Å². The van der Waals surface area contributed by atoms with E-state index in [0.29, 0.717) is 5.92 Å². The molecule has 6 heteroatoms. The lowest BCUT2D eigenvalue weighted by atomic mass is 9.84. The van der Waals surface area contributed by atoms with Crippen molar-refractivity contribution in [1.29, 1.82) is 0 Å². The van der Waals surface area contributed by atoms with Crippen molar-refractivity contribution in [2.24, 2.45) is 4.99 Å². The molecule has 2 aliphatic heterocycles. The van der Waals surface area contributed by atoms with Crippen molar-refractivity contribution >= 4 is 56.5 Å². The zero-order valence-electron chi connectivity index (χ0n) is 34.7. The molecule has 0 unspecified atom stereocenters. The lowest BCUT2D eigenvalue weighted by molar-refractivity contribution is 0.0476. The van der Waals surface area contributed by atoms with Gasteiger partial charge in [0.15, 0.2) is 0 Å². The fraction of sp³-hybridized carbons (Fsp3) is 0.294. The van der Waals surface area contributed by atoms with Crippen molar-refractivity contribution in [2.45, 2.75) is 108 Å². The topological polar surface area (TPSA) is 42.7 Å². The Kier molecular flexibility index (Phi) is 7.80. The molecule has 2 aromatic heterocycles. The van der Waals surface area contributed by atoms with Gasteiger partial charge in [-0.1, -0.05) is 82.3 Å². The predicted octanol–water partition coefficient (Wildman–Crippen LogP) is 13.5. The molecule has 57 heavy (non-hydrogen) atoms. The van der Waals surface area contributed by atoms with Gasteiger partial charge in [0.2, 0.25) is 5.90 Å². The number of hydrogen-bond acceptors (Lipinski definition) is 5. The van der Waals surface area contributed by atoms with E-state index >= 15 is 0 Å². The molecule has 2 atom stereocenters. The molecule has 0 saturated heterocycles. The molecule has 10 rings (SSSR count). The first-order chi connectivity index (χ1) is 27.1. The fourth-order valence-electron chi connectivity index (χ4n) is 9.36. The summed E-state index contributed by atoms with van der Waals surface area (Å²) in [5.74, 6) is 1.95. The van der Waals surface area contributed by atoms with Gasteiger partial charge < -0.3 is 9.64 Å². The summed E-state index contributed by atoms with van der Waals surface area (Å²) in [6.07, 6.45) is 2.80. The van der Waals surface area contributed by atoms with E-state index in [1.54, 1.807) is 0 Å². The van der Waals surface area contributed by atoms with E-state index in [1.807, 2.05) is 18.0 Å². The van der Waals surface area contributed by atoms with Crippen LogP contribution >= 0.6 is 11.8 Å². The highest BCUT2D eigenvalue weighted by Gasteiger charge is 2.59. The zero-order chi connectivity index (χ0) is 39.8. The van der Waals surface area contributed by atoms with Crippen LogP contribution in [0.5, 0.6) is 0 Å². The molecule has 5 nitrogen and oxygen atoms in total. The summed E-state index contributed by atoms with van der Waals surface area (Å²) in [5, 5.41) is 2.47. The van der Waals surface area contributed by atoms with E-state index in [9.17, 15) is 0 Å². The monoisotopic (exact) mass is 766 g/mol. The number of aromatic nitrogens is 2. The lowest BCUT2D eigenvalue weighted by Crippen LogP contribution is -2.41. The largest absolute Gasteiger partial charge is 0.468 e. The van der Waals surface area contributed by atoms with Gasteiger partial charge in [0.1, 0.15) is 17.0 Å². The summed E-state index contributed by atoms with van der Waals surface area (Å²) < 4.78 is 9.43. The molecule has 0 fully saturated rings. The SMILES string of the molecule is Cc1ccc2c(c1)c1cc3c(cc1n2-c1cc(C(C)(C)C)ccn1)N(c1cc(C2=N[C@]4(C)c5ccc(C)c(C)c5C[C@]4(C)O2)cc(C(C)C)c1)c1ccccc1S3. The molecule has 0 bridgehead atoms. The van der Waals surface area contributed by atoms with Gasteiger partial charge in [-0.25, -0.2) is 9.98 Å². The summed E-state index contributed by atoms with van der Waals surface area (Å²) in [7, 11) is 0. The Balaban J connectivity index is 1.19. The second-order valence-electron chi connectivity index (χ2n) is 18.3. The highest BCUT2D eigenvalue weighted by molar-refractivity contribution is 7.99. The molecule has 3 aliphatic rings. The normalized spacial score (nSPS) is 19.8.